The summed E-state index contributed by atoms with van der Waals surface area (Å²) < 4.78 is 10.6. The second kappa shape index (κ2) is 9.20. The summed E-state index contributed by atoms with van der Waals surface area (Å²) in [5.41, 5.74) is 2.88. The van der Waals surface area contributed by atoms with Gasteiger partial charge in [0.1, 0.15) is 17.3 Å². The third-order valence-electron chi connectivity index (χ3n) is 5.78. The molecule has 0 aromatic heterocycles. The number of aliphatic hydroxyl groups excluding tert-OH is 1. The minimum Gasteiger partial charge on any atom is -0.507 e. The first-order chi connectivity index (χ1) is 15.9. The molecular formula is C27H25NO5. The number of hydrogen-bond donors (Lipinski definition) is 1. The van der Waals surface area contributed by atoms with Gasteiger partial charge in [-0.15, -0.1) is 0 Å². The van der Waals surface area contributed by atoms with Crippen LogP contribution in [0.15, 0.2) is 78.4 Å². The fraction of sp³-hybridized carbons (Fsp3) is 0.185. The van der Waals surface area contributed by atoms with Crippen molar-refractivity contribution in [2.45, 2.75) is 19.5 Å². The normalized spacial score (nSPS) is 17.3. The Morgan fingerprint density at radius 2 is 1.64 bits per heavy atom. The third-order valence-corrected chi connectivity index (χ3v) is 5.78. The highest BCUT2D eigenvalue weighted by molar-refractivity contribution is 6.46. The number of amides is 1. The number of rotatable bonds is 6. The fourth-order valence-corrected chi connectivity index (χ4v) is 4.10. The summed E-state index contributed by atoms with van der Waals surface area (Å²) in [6, 6.07) is 21.1. The van der Waals surface area contributed by atoms with E-state index in [4.69, 9.17) is 9.47 Å². The number of benzene rings is 3. The first kappa shape index (κ1) is 22.1. The Labute approximate surface area is 192 Å². The highest BCUT2D eigenvalue weighted by atomic mass is 16.5. The van der Waals surface area contributed by atoms with Crippen LogP contribution in [0.2, 0.25) is 0 Å². The van der Waals surface area contributed by atoms with E-state index in [0.717, 1.165) is 16.7 Å². The number of aryl methyl sites for hydroxylation is 1. The van der Waals surface area contributed by atoms with Crippen molar-refractivity contribution in [3.63, 3.8) is 0 Å². The Hall–Kier alpha value is -4.06. The summed E-state index contributed by atoms with van der Waals surface area (Å²) in [4.78, 5) is 27.9. The Kier molecular flexibility index (Phi) is 6.18. The lowest BCUT2D eigenvalue weighted by molar-refractivity contribution is -0.140. The molecule has 1 heterocycles. The molecule has 0 bridgehead atoms. The van der Waals surface area contributed by atoms with E-state index in [-0.39, 0.29) is 17.9 Å². The third kappa shape index (κ3) is 4.20. The van der Waals surface area contributed by atoms with Crippen LogP contribution in [-0.2, 0) is 16.1 Å². The van der Waals surface area contributed by atoms with Gasteiger partial charge in [0.05, 0.1) is 31.4 Å². The van der Waals surface area contributed by atoms with Crippen LogP contribution in [0.3, 0.4) is 0 Å². The van der Waals surface area contributed by atoms with Gasteiger partial charge in [-0.25, -0.2) is 0 Å². The lowest BCUT2D eigenvalue weighted by Crippen LogP contribution is -2.29. The number of likely N-dealkylation sites (tertiary alicyclic amines) is 1. The molecule has 6 nitrogen and oxygen atoms in total. The summed E-state index contributed by atoms with van der Waals surface area (Å²) >= 11 is 0. The number of nitrogens with zero attached hydrogens (tertiary/aromatic N) is 1. The van der Waals surface area contributed by atoms with Gasteiger partial charge in [0.15, 0.2) is 0 Å². The Morgan fingerprint density at radius 3 is 2.27 bits per heavy atom. The zero-order valence-electron chi connectivity index (χ0n) is 18.7. The monoisotopic (exact) mass is 443 g/mol. The van der Waals surface area contributed by atoms with E-state index < -0.39 is 17.7 Å². The minimum absolute atomic E-state index is 0.0450. The topological polar surface area (TPSA) is 76.1 Å². The quantitative estimate of drug-likeness (QED) is 0.341. The number of ether oxygens (including phenoxy) is 2. The van der Waals surface area contributed by atoms with Crippen molar-refractivity contribution in [1.82, 2.24) is 4.90 Å². The molecule has 6 heteroatoms. The standard InChI is InChI=1S/C27H25NO5/c1-17-9-14-22(33-3)21(15-17)25(29)23-24(19-7-5-4-6-8-19)28(27(31)26(23)30)16-18-10-12-20(32-2)13-11-18/h4-15,24,29H,16H2,1-3H3/b25-23+. The van der Waals surface area contributed by atoms with Crippen LogP contribution >= 0.6 is 0 Å². The fourth-order valence-electron chi connectivity index (χ4n) is 4.10. The highest BCUT2D eigenvalue weighted by Crippen LogP contribution is 2.41. The van der Waals surface area contributed by atoms with Gasteiger partial charge in [-0.05, 0) is 42.3 Å². The van der Waals surface area contributed by atoms with E-state index in [1.165, 1.54) is 12.0 Å². The number of methoxy groups -OCH3 is 2. The number of aliphatic hydroxyl groups is 1. The smallest absolute Gasteiger partial charge is 0.295 e. The van der Waals surface area contributed by atoms with Crippen LogP contribution in [0.25, 0.3) is 5.76 Å². The lowest BCUT2D eigenvalue weighted by Gasteiger charge is -2.25. The highest BCUT2D eigenvalue weighted by Gasteiger charge is 2.46. The zero-order chi connectivity index (χ0) is 23.5. The van der Waals surface area contributed by atoms with E-state index >= 15 is 0 Å². The van der Waals surface area contributed by atoms with Crippen LogP contribution < -0.4 is 9.47 Å². The van der Waals surface area contributed by atoms with Crippen LogP contribution in [0.5, 0.6) is 11.5 Å². The van der Waals surface area contributed by atoms with Gasteiger partial charge in [-0.3, -0.25) is 9.59 Å². The van der Waals surface area contributed by atoms with Crippen molar-refractivity contribution >= 4 is 17.4 Å². The summed E-state index contributed by atoms with van der Waals surface area (Å²) in [7, 11) is 3.08. The average Bonchev–Trinajstić information content (AvgIpc) is 3.09. The molecule has 1 N–H and O–H groups in total. The number of carbonyl (C=O) groups excluding carboxylic acids is 2. The van der Waals surface area contributed by atoms with E-state index in [1.807, 2.05) is 55.5 Å². The SMILES string of the molecule is COc1ccc(CN2C(=O)C(=O)/C(=C(/O)c3cc(C)ccc3OC)C2c2ccccc2)cc1. The van der Waals surface area contributed by atoms with Crippen molar-refractivity contribution in [3.05, 3.63) is 101 Å². The molecular weight excluding hydrogens is 418 g/mol. The van der Waals surface area contributed by atoms with Crippen molar-refractivity contribution < 1.29 is 24.2 Å². The molecule has 0 saturated carbocycles. The van der Waals surface area contributed by atoms with Crippen LogP contribution in [-0.4, -0.2) is 35.9 Å². The molecule has 0 radical (unpaired) electrons. The summed E-state index contributed by atoms with van der Waals surface area (Å²) in [6.07, 6.45) is 0. The number of ketones is 1. The average molecular weight is 443 g/mol. The van der Waals surface area contributed by atoms with Crippen molar-refractivity contribution in [2.75, 3.05) is 14.2 Å². The van der Waals surface area contributed by atoms with Crippen LogP contribution in [0, 0.1) is 6.92 Å². The number of carbonyl (C=O) groups is 2. The van der Waals surface area contributed by atoms with Gasteiger partial charge in [0, 0.05) is 6.54 Å². The predicted molar refractivity (Wildman–Crippen MR) is 125 cm³/mol. The maximum atomic E-state index is 13.2. The van der Waals surface area contributed by atoms with E-state index in [9.17, 15) is 14.7 Å². The van der Waals surface area contributed by atoms with Crippen molar-refractivity contribution in [2.24, 2.45) is 0 Å². The second-order valence-corrected chi connectivity index (χ2v) is 7.89. The molecule has 1 unspecified atom stereocenters. The Bertz CT molecular complexity index is 1220. The molecule has 1 saturated heterocycles. The number of Topliss-reactive ketones (excluding diaryl/α,β-unsaturated/α-hetero) is 1. The van der Waals surface area contributed by atoms with E-state index in [1.54, 1.807) is 31.4 Å². The molecule has 1 amide bonds. The predicted octanol–water partition coefficient (Wildman–Crippen LogP) is 4.63. The largest absolute Gasteiger partial charge is 0.507 e. The summed E-state index contributed by atoms with van der Waals surface area (Å²) in [5, 5.41) is 11.3. The molecule has 1 aliphatic rings. The maximum absolute atomic E-state index is 13.2. The molecule has 1 aliphatic heterocycles. The Balaban J connectivity index is 1.86. The summed E-state index contributed by atoms with van der Waals surface area (Å²) in [6.45, 7) is 2.09. The van der Waals surface area contributed by atoms with E-state index in [2.05, 4.69) is 0 Å². The van der Waals surface area contributed by atoms with Gasteiger partial charge < -0.3 is 19.5 Å². The maximum Gasteiger partial charge on any atom is 0.295 e. The molecule has 4 rings (SSSR count). The molecule has 1 fully saturated rings. The van der Waals surface area contributed by atoms with Gasteiger partial charge in [-0.2, -0.15) is 0 Å². The lowest BCUT2D eigenvalue weighted by atomic mass is 9.94. The van der Waals surface area contributed by atoms with Crippen molar-refractivity contribution in [3.8, 4) is 11.5 Å². The molecule has 0 aliphatic carbocycles. The van der Waals surface area contributed by atoms with Gasteiger partial charge in [0.2, 0.25) is 0 Å². The Morgan fingerprint density at radius 1 is 0.939 bits per heavy atom. The molecule has 168 valence electrons. The molecule has 0 spiro atoms. The first-order valence-electron chi connectivity index (χ1n) is 10.6. The number of hydrogen-bond acceptors (Lipinski definition) is 5. The van der Waals surface area contributed by atoms with Crippen LogP contribution in [0.4, 0.5) is 0 Å². The van der Waals surface area contributed by atoms with Gasteiger partial charge in [0.25, 0.3) is 11.7 Å². The summed E-state index contributed by atoms with van der Waals surface area (Å²) in [5.74, 6) is -0.510. The van der Waals surface area contributed by atoms with Gasteiger partial charge >= 0.3 is 0 Å². The van der Waals surface area contributed by atoms with Crippen molar-refractivity contribution in [1.29, 1.82) is 0 Å². The first-order valence-corrected chi connectivity index (χ1v) is 10.6. The van der Waals surface area contributed by atoms with E-state index in [0.29, 0.717) is 17.1 Å². The second-order valence-electron chi connectivity index (χ2n) is 7.89. The molecule has 3 aromatic rings. The van der Waals surface area contributed by atoms with Crippen LogP contribution in [0.1, 0.15) is 28.3 Å². The zero-order valence-corrected chi connectivity index (χ0v) is 18.7. The molecule has 1 atom stereocenters. The van der Waals surface area contributed by atoms with Gasteiger partial charge in [-0.1, -0.05) is 54.1 Å². The molecule has 3 aromatic carbocycles. The minimum atomic E-state index is -0.737. The molecule has 33 heavy (non-hydrogen) atoms.